The zero-order valence-corrected chi connectivity index (χ0v) is 29.0. The summed E-state index contributed by atoms with van der Waals surface area (Å²) >= 11 is 13.6. The molecule has 1 saturated carbocycles. The van der Waals surface area contributed by atoms with Crippen LogP contribution in [-0.4, -0.2) is 73.9 Å². The van der Waals surface area contributed by atoms with E-state index >= 15 is 4.39 Å². The van der Waals surface area contributed by atoms with Gasteiger partial charge in [-0.25, -0.2) is 14.4 Å². The number of halogens is 3. The summed E-state index contributed by atoms with van der Waals surface area (Å²) in [6.07, 6.45) is 4.50. The van der Waals surface area contributed by atoms with Crippen LogP contribution in [0.5, 0.6) is 0 Å². The second-order valence-corrected chi connectivity index (χ2v) is 15.9. The molecule has 1 aliphatic carbocycles. The summed E-state index contributed by atoms with van der Waals surface area (Å²) in [6, 6.07) is 7.51. The number of nitrogens with zero attached hydrogens (tertiary/aromatic N) is 5. The van der Waals surface area contributed by atoms with Crippen LogP contribution in [0.25, 0.3) is 0 Å². The van der Waals surface area contributed by atoms with Crippen molar-refractivity contribution in [3.8, 4) is 0 Å². The van der Waals surface area contributed by atoms with E-state index in [1.54, 1.807) is 23.2 Å². The van der Waals surface area contributed by atoms with Crippen molar-refractivity contribution in [2.45, 2.75) is 83.1 Å². The monoisotopic (exact) mass is 684 g/mol. The first-order valence-corrected chi connectivity index (χ1v) is 17.6. The molecule has 1 aromatic heterocycles. The lowest BCUT2D eigenvalue weighted by molar-refractivity contribution is -0.144. The van der Waals surface area contributed by atoms with Crippen molar-refractivity contribution in [2.24, 2.45) is 16.8 Å². The second-order valence-electron chi connectivity index (χ2n) is 14.1. The van der Waals surface area contributed by atoms with Crippen LogP contribution in [0.1, 0.15) is 71.0 Å². The first-order chi connectivity index (χ1) is 21.8. The molecule has 5 atom stereocenters. The van der Waals surface area contributed by atoms with Crippen LogP contribution in [0.3, 0.4) is 0 Å². The van der Waals surface area contributed by atoms with Crippen LogP contribution in [0.4, 0.5) is 4.39 Å². The minimum atomic E-state index is -0.868. The molecule has 244 valence electrons. The molecule has 5 heterocycles. The molecule has 0 unspecified atom stereocenters. The van der Waals surface area contributed by atoms with Gasteiger partial charge in [-0.2, -0.15) is 0 Å². The standard InChI is InChI=1S/C34H39Cl2FN6O2S/c1-18(2)27-28(31(45)41-16-19(3)12-25(41)30(44)42-17-34(10-11-34)39-14-20(42)4)46-32-40-33(5,22-7-9-26(36)38-15-22)29(43(27)32)21-6-8-23(35)24(37)13-21/h6-9,13,15,18-20,25,29,39H,10-12,14,16-17H2,1-5H3/t19-,20-,25-,29+,33-/m0/s1. The molecule has 2 amide bonds. The quantitative estimate of drug-likeness (QED) is 0.369. The Balaban J connectivity index is 1.27. The lowest BCUT2D eigenvalue weighted by atomic mass is 9.81. The third-order valence-corrected chi connectivity index (χ3v) is 11.9. The topological polar surface area (TPSA) is 81.1 Å². The van der Waals surface area contributed by atoms with Crippen molar-refractivity contribution in [1.82, 2.24) is 25.0 Å². The zero-order valence-electron chi connectivity index (χ0n) is 26.7. The molecule has 2 aromatic rings. The van der Waals surface area contributed by atoms with E-state index in [4.69, 9.17) is 28.2 Å². The summed E-state index contributed by atoms with van der Waals surface area (Å²) in [6.45, 7) is 12.3. The molecule has 1 N–H and O–H groups in total. The van der Waals surface area contributed by atoms with Gasteiger partial charge in [-0.05, 0) is 80.5 Å². The minimum Gasteiger partial charge on any atom is -0.335 e. The fourth-order valence-electron chi connectivity index (χ4n) is 7.61. The number of piperazine rings is 1. The summed E-state index contributed by atoms with van der Waals surface area (Å²) < 4.78 is 15.0. The third-order valence-electron chi connectivity index (χ3n) is 10.3. The van der Waals surface area contributed by atoms with Crippen molar-refractivity contribution in [3.05, 3.63) is 74.3 Å². The molecule has 12 heteroatoms. The molecule has 46 heavy (non-hydrogen) atoms. The number of allylic oxidation sites excluding steroid dienone is 1. The Labute approximate surface area is 283 Å². The molecular weight excluding hydrogens is 646 g/mol. The van der Waals surface area contributed by atoms with Crippen LogP contribution in [0.2, 0.25) is 10.2 Å². The van der Waals surface area contributed by atoms with Crippen molar-refractivity contribution in [2.75, 3.05) is 19.6 Å². The van der Waals surface area contributed by atoms with Gasteiger partial charge >= 0.3 is 0 Å². The number of rotatable bonds is 5. The van der Waals surface area contributed by atoms with Gasteiger partial charge < -0.3 is 20.0 Å². The molecule has 1 aromatic carbocycles. The molecule has 3 fully saturated rings. The van der Waals surface area contributed by atoms with Gasteiger partial charge in [-0.1, -0.05) is 56.1 Å². The minimum absolute atomic E-state index is 0.0364. The van der Waals surface area contributed by atoms with Crippen molar-refractivity contribution >= 4 is 51.9 Å². The fourth-order valence-corrected chi connectivity index (χ4v) is 9.20. The highest BCUT2D eigenvalue weighted by molar-refractivity contribution is 8.18. The van der Waals surface area contributed by atoms with Gasteiger partial charge in [-0.3, -0.25) is 9.59 Å². The Morgan fingerprint density at radius 2 is 1.89 bits per heavy atom. The highest BCUT2D eigenvalue weighted by Crippen LogP contribution is 2.56. The average molecular weight is 686 g/mol. The number of hydrogen-bond acceptors (Lipinski definition) is 7. The predicted molar refractivity (Wildman–Crippen MR) is 180 cm³/mol. The maximum atomic E-state index is 15.0. The van der Waals surface area contributed by atoms with Crippen LogP contribution >= 0.6 is 35.0 Å². The van der Waals surface area contributed by atoms with Gasteiger partial charge in [-0.15, -0.1) is 0 Å². The Hall–Kier alpha value is -2.66. The number of carbonyl (C=O) groups is 2. The van der Waals surface area contributed by atoms with E-state index in [-0.39, 0.29) is 40.3 Å². The second kappa shape index (κ2) is 11.5. The lowest BCUT2D eigenvalue weighted by Gasteiger charge is -2.41. The van der Waals surface area contributed by atoms with Gasteiger partial charge in [0.25, 0.3) is 5.91 Å². The third kappa shape index (κ3) is 5.24. The molecule has 4 aliphatic heterocycles. The Bertz CT molecular complexity index is 1660. The van der Waals surface area contributed by atoms with Crippen LogP contribution in [-0.2, 0) is 15.1 Å². The predicted octanol–water partition coefficient (Wildman–Crippen LogP) is 6.36. The zero-order chi connectivity index (χ0) is 32.7. The number of pyridine rings is 1. The van der Waals surface area contributed by atoms with Gasteiger partial charge in [0.1, 0.15) is 27.5 Å². The van der Waals surface area contributed by atoms with Crippen molar-refractivity contribution < 1.29 is 14.0 Å². The van der Waals surface area contributed by atoms with Gasteiger partial charge in [0.05, 0.1) is 11.1 Å². The molecule has 2 saturated heterocycles. The summed E-state index contributed by atoms with van der Waals surface area (Å²) in [7, 11) is 0. The molecule has 1 spiro atoms. The number of likely N-dealkylation sites (tertiary alicyclic amines) is 1. The first kappa shape index (κ1) is 31.9. The Kier molecular flexibility index (Phi) is 7.98. The molecule has 0 radical (unpaired) electrons. The number of nitrogens with one attached hydrogen (secondary N) is 1. The van der Waals surface area contributed by atoms with Crippen LogP contribution < -0.4 is 5.32 Å². The van der Waals surface area contributed by atoms with E-state index in [1.807, 2.05) is 24.0 Å². The number of thioether (sulfide) groups is 1. The highest BCUT2D eigenvalue weighted by atomic mass is 35.5. The van der Waals surface area contributed by atoms with Crippen LogP contribution in [0.15, 0.2) is 52.1 Å². The lowest BCUT2D eigenvalue weighted by Crippen LogP contribution is -2.61. The Morgan fingerprint density at radius 3 is 2.54 bits per heavy atom. The smallest absolute Gasteiger partial charge is 0.263 e. The molecule has 5 aliphatic rings. The number of aromatic nitrogens is 1. The fraction of sp³-hybridized carbons (Fsp3) is 0.529. The SMILES string of the molecule is CC(C)C1=C(C(=O)N2C[C@@H](C)C[C@H]2C(=O)N2CC3(CC3)NC[C@@H]2C)SC2=N[C@@](C)(c3ccc(Cl)nc3)[C@@H](c3ccc(Cl)c(F)c3)N21. The molecule has 0 bridgehead atoms. The van der Waals surface area contributed by atoms with Gasteiger partial charge in [0.15, 0.2) is 5.17 Å². The first-order valence-electron chi connectivity index (χ1n) is 16.1. The number of carbonyl (C=O) groups excluding carboxylic acids is 2. The largest absolute Gasteiger partial charge is 0.335 e. The van der Waals surface area contributed by atoms with Crippen molar-refractivity contribution in [3.63, 3.8) is 0 Å². The van der Waals surface area contributed by atoms with Crippen LogP contribution in [0, 0.1) is 17.7 Å². The molecule has 7 rings (SSSR count). The summed E-state index contributed by atoms with van der Waals surface area (Å²) in [4.78, 5) is 44.8. The Morgan fingerprint density at radius 1 is 1.13 bits per heavy atom. The van der Waals surface area contributed by atoms with E-state index in [0.29, 0.717) is 40.3 Å². The summed E-state index contributed by atoms with van der Waals surface area (Å²) in [5, 5.41) is 4.68. The van der Waals surface area contributed by atoms with E-state index in [2.05, 4.69) is 42.9 Å². The van der Waals surface area contributed by atoms with E-state index in [1.165, 1.54) is 17.8 Å². The van der Waals surface area contributed by atoms with E-state index < -0.39 is 23.4 Å². The average Bonchev–Trinajstić information content (AvgIpc) is 3.34. The number of amides is 2. The molecular formula is C34H39Cl2FN6O2S. The highest BCUT2D eigenvalue weighted by Gasteiger charge is 2.55. The van der Waals surface area contributed by atoms with Gasteiger partial charge in [0, 0.05) is 48.7 Å². The van der Waals surface area contributed by atoms with E-state index in [9.17, 15) is 9.59 Å². The number of hydrogen-bond donors (Lipinski definition) is 1. The van der Waals surface area contributed by atoms with Crippen molar-refractivity contribution in [1.29, 1.82) is 0 Å². The number of fused-ring (bicyclic) bond motifs is 1. The van der Waals surface area contributed by atoms with E-state index in [0.717, 1.165) is 30.6 Å². The normalized spacial score (nSPS) is 30.0. The summed E-state index contributed by atoms with van der Waals surface area (Å²) in [5.41, 5.74) is 1.48. The number of amidine groups is 1. The number of aliphatic imine (C=N–C) groups is 1. The summed E-state index contributed by atoms with van der Waals surface area (Å²) in [5.74, 6) is -0.495. The number of benzene rings is 1. The maximum Gasteiger partial charge on any atom is 0.263 e. The maximum absolute atomic E-state index is 15.0. The van der Waals surface area contributed by atoms with Gasteiger partial charge in [0.2, 0.25) is 5.91 Å². The molecule has 8 nitrogen and oxygen atoms in total.